The van der Waals surface area contributed by atoms with E-state index < -0.39 is 11.9 Å². The molecule has 7 heteroatoms. The van der Waals surface area contributed by atoms with Crippen molar-refractivity contribution in [2.24, 2.45) is 5.92 Å². The second-order valence-corrected chi connectivity index (χ2v) is 7.74. The van der Waals surface area contributed by atoms with Gasteiger partial charge in [-0.2, -0.15) is 0 Å². The number of rotatable bonds is 8. The van der Waals surface area contributed by atoms with Crippen molar-refractivity contribution in [3.05, 3.63) is 52.5 Å². The summed E-state index contributed by atoms with van der Waals surface area (Å²) >= 11 is 6.36. The summed E-state index contributed by atoms with van der Waals surface area (Å²) in [7, 11) is 3.20. The summed E-state index contributed by atoms with van der Waals surface area (Å²) < 4.78 is 16.8. The molecule has 0 aromatic heterocycles. The molecule has 162 valence electrons. The first-order valence-corrected chi connectivity index (χ1v) is 10.5. The number of halogens is 1. The zero-order valence-electron chi connectivity index (χ0n) is 17.6. The molecule has 2 unspecified atom stereocenters. The van der Waals surface area contributed by atoms with Gasteiger partial charge in [-0.05, 0) is 62.2 Å². The number of carbonyl (C=O) groups is 1. The summed E-state index contributed by atoms with van der Waals surface area (Å²) in [5, 5.41) is 10.2. The number of piperidine rings is 1. The predicted octanol–water partition coefficient (Wildman–Crippen LogP) is 4.64. The highest BCUT2D eigenvalue weighted by Crippen LogP contribution is 2.41. The first-order valence-electron chi connectivity index (χ1n) is 10.1. The van der Waals surface area contributed by atoms with Gasteiger partial charge in [-0.1, -0.05) is 17.7 Å². The standard InChI is InChI=1S/C23H28ClNO5/c1-4-30-19-10-8-17(24)13-18(19)22(25-11-5-6-16(14-25)23(26)27)15-7-9-20(28-2)21(12-15)29-3/h7-10,12-13,16,22H,4-6,11,14H2,1-3H3,(H,26,27). The van der Waals surface area contributed by atoms with Crippen LogP contribution in [0.1, 0.15) is 36.9 Å². The summed E-state index contributed by atoms with van der Waals surface area (Å²) in [6.07, 6.45) is 1.49. The van der Waals surface area contributed by atoms with Gasteiger partial charge in [-0.3, -0.25) is 9.69 Å². The molecule has 0 radical (unpaired) electrons. The van der Waals surface area contributed by atoms with Crippen LogP contribution in [0.15, 0.2) is 36.4 Å². The van der Waals surface area contributed by atoms with Gasteiger partial charge in [0.05, 0.1) is 32.8 Å². The Morgan fingerprint density at radius 3 is 2.57 bits per heavy atom. The fraction of sp³-hybridized carbons (Fsp3) is 0.435. The quantitative estimate of drug-likeness (QED) is 0.654. The van der Waals surface area contributed by atoms with Gasteiger partial charge in [-0.15, -0.1) is 0 Å². The molecule has 1 saturated heterocycles. The highest BCUT2D eigenvalue weighted by Gasteiger charge is 2.33. The molecule has 0 aliphatic carbocycles. The third-order valence-electron chi connectivity index (χ3n) is 5.46. The molecule has 2 atom stereocenters. The summed E-state index contributed by atoms with van der Waals surface area (Å²) in [5.41, 5.74) is 1.87. The lowest BCUT2D eigenvalue weighted by atomic mass is 9.90. The molecule has 0 bridgehead atoms. The number of aliphatic carboxylic acids is 1. The van der Waals surface area contributed by atoms with Gasteiger partial charge < -0.3 is 19.3 Å². The van der Waals surface area contributed by atoms with E-state index in [1.54, 1.807) is 20.3 Å². The summed E-state index contributed by atoms with van der Waals surface area (Å²) in [5.74, 6) is 0.821. The molecule has 0 saturated carbocycles. The average molecular weight is 434 g/mol. The van der Waals surface area contributed by atoms with E-state index >= 15 is 0 Å². The van der Waals surface area contributed by atoms with Crippen molar-refractivity contribution in [2.75, 3.05) is 33.9 Å². The molecule has 3 rings (SSSR count). The molecule has 1 heterocycles. The number of methoxy groups -OCH3 is 2. The molecule has 1 fully saturated rings. The maximum absolute atomic E-state index is 11.7. The van der Waals surface area contributed by atoms with E-state index in [9.17, 15) is 9.90 Å². The Hall–Kier alpha value is -2.44. The minimum Gasteiger partial charge on any atom is -0.494 e. The summed E-state index contributed by atoms with van der Waals surface area (Å²) in [4.78, 5) is 13.9. The number of nitrogens with zero attached hydrogens (tertiary/aromatic N) is 1. The van der Waals surface area contributed by atoms with Crippen molar-refractivity contribution < 1.29 is 24.1 Å². The molecule has 1 aliphatic rings. The number of hydrogen-bond donors (Lipinski definition) is 1. The predicted molar refractivity (Wildman–Crippen MR) is 116 cm³/mol. The lowest BCUT2D eigenvalue weighted by Gasteiger charge is -2.38. The van der Waals surface area contributed by atoms with E-state index in [2.05, 4.69) is 4.90 Å². The molecule has 2 aromatic rings. The molecule has 1 aliphatic heterocycles. The summed E-state index contributed by atoms with van der Waals surface area (Å²) in [6.45, 7) is 3.68. The average Bonchev–Trinajstić information content (AvgIpc) is 2.76. The second-order valence-electron chi connectivity index (χ2n) is 7.30. The third-order valence-corrected chi connectivity index (χ3v) is 5.69. The minimum atomic E-state index is -0.762. The Morgan fingerprint density at radius 2 is 1.90 bits per heavy atom. The van der Waals surface area contributed by atoms with Crippen LogP contribution < -0.4 is 14.2 Å². The topological polar surface area (TPSA) is 68.2 Å². The fourth-order valence-electron chi connectivity index (χ4n) is 4.07. The van der Waals surface area contributed by atoms with Gasteiger partial charge in [0.2, 0.25) is 0 Å². The van der Waals surface area contributed by atoms with Gasteiger partial charge in [0.1, 0.15) is 5.75 Å². The Bertz CT molecular complexity index is 888. The molecule has 0 spiro atoms. The van der Waals surface area contributed by atoms with E-state index in [0.29, 0.717) is 36.1 Å². The molecular formula is C23H28ClNO5. The van der Waals surface area contributed by atoms with Crippen LogP contribution in [0.2, 0.25) is 5.02 Å². The highest BCUT2D eigenvalue weighted by molar-refractivity contribution is 6.30. The van der Waals surface area contributed by atoms with E-state index in [4.69, 9.17) is 25.8 Å². The molecule has 0 amide bonds. The van der Waals surface area contributed by atoms with E-state index in [-0.39, 0.29) is 6.04 Å². The van der Waals surface area contributed by atoms with Crippen LogP contribution in [-0.2, 0) is 4.79 Å². The van der Waals surface area contributed by atoms with Crippen molar-refractivity contribution in [3.63, 3.8) is 0 Å². The first kappa shape index (κ1) is 22.2. The number of likely N-dealkylation sites (tertiary alicyclic amines) is 1. The SMILES string of the molecule is CCOc1ccc(Cl)cc1C(c1ccc(OC)c(OC)c1)N1CCCC(C(=O)O)C1. The first-order chi connectivity index (χ1) is 14.5. The summed E-state index contributed by atoms with van der Waals surface area (Å²) in [6, 6.07) is 11.1. The van der Waals surface area contributed by atoms with Crippen molar-refractivity contribution in [1.82, 2.24) is 4.90 Å². The Balaban J connectivity index is 2.13. The molecule has 1 N–H and O–H groups in total. The van der Waals surface area contributed by atoms with Crippen LogP contribution in [0.4, 0.5) is 0 Å². The van der Waals surface area contributed by atoms with Crippen LogP contribution >= 0.6 is 11.6 Å². The normalized spacial score (nSPS) is 17.9. The van der Waals surface area contributed by atoms with Crippen molar-refractivity contribution in [2.45, 2.75) is 25.8 Å². The Morgan fingerprint density at radius 1 is 1.17 bits per heavy atom. The molecular weight excluding hydrogens is 406 g/mol. The van der Waals surface area contributed by atoms with Crippen LogP contribution in [0.5, 0.6) is 17.2 Å². The van der Waals surface area contributed by atoms with Gasteiger partial charge in [0.15, 0.2) is 11.5 Å². The maximum atomic E-state index is 11.7. The van der Waals surface area contributed by atoms with Crippen molar-refractivity contribution in [1.29, 1.82) is 0 Å². The third kappa shape index (κ3) is 4.82. The number of benzene rings is 2. The molecule has 2 aromatic carbocycles. The Labute approximate surface area is 182 Å². The lowest BCUT2D eigenvalue weighted by Crippen LogP contribution is -2.41. The van der Waals surface area contributed by atoms with Crippen molar-refractivity contribution >= 4 is 17.6 Å². The highest BCUT2D eigenvalue weighted by atomic mass is 35.5. The smallest absolute Gasteiger partial charge is 0.307 e. The number of hydrogen-bond acceptors (Lipinski definition) is 5. The van der Waals surface area contributed by atoms with Crippen LogP contribution in [0.25, 0.3) is 0 Å². The van der Waals surface area contributed by atoms with Gasteiger partial charge in [0, 0.05) is 17.1 Å². The van der Waals surface area contributed by atoms with E-state index in [1.807, 2.05) is 37.3 Å². The fourth-order valence-corrected chi connectivity index (χ4v) is 4.25. The van der Waals surface area contributed by atoms with Crippen molar-refractivity contribution in [3.8, 4) is 17.2 Å². The zero-order valence-corrected chi connectivity index (χ0v) is 18.3. The number of ether oxygens (including phenoxy) is 3. The lowest BCUT2D eigenvalue weighted by molar-refractivity contribution is -0.143. The number of carboxylic acid groups (broad SMARTS) is 1. The van der Waals surface area contributed by atoms with Gasteiger partial charge >= 0.3 is 5.97 Å². The maximum Gasteiger partial charge on any atom is 0.307 e. The number of carboxylic acids is 1. The second kappa shape index (κ2) is 10.0. The van der Waals surface area contributed by atoms with Crippen LogP contribution in [-0.4, -0.2) is 49.9 Å². The van der Waals surface area contributed by atoms with Crippen LogP contribution in [0.3, 0.4) is 0 Å². The van der Waals surface area contributed by atoms with Crippen LogP contribution in [0, 0.1) is 5.92 Å². The Kier molecular flexibility index (Phi) is 7.45. The molecule has 30 heavy (non-hydrogen) atoms. The van der Waals surface area contributed by atoms with E-state index in [0.717, 1.165) is 29.8 Å². The van der Waals surface area contributed by atoms with Gasteiger partial charge in [-0.25, -0.2) is 0 Å². The molecule has 6 nitrogen and oxygen atoms in total. The van der Waals surface area contributed by atoms with E-state index in [1.165, 1.54) is 0 Å². The monoisotopic (exact) mass is 433 g/mol. The zero-order chi connectivity index (χ0) is 21.7. The minimum absolute atomic E-state index is 0.229. The van der Waals surface area contributed by atoms with Gasteiger partial charge in [0.25, 0.3) is 0 Å². The largest absolute Gasteiger partial charge is 0.494 e.